The molecule has 0 aromatic heterocycles. The van der Waals surface area contributed by atoms with E-state index in [1.807, 2.05) is 31.2 Å². The molecule has 5 heteroatoms. The van der Waals surface area contributed by atoms with Gasteiger partial charge in [0.15, 0.2) is 0 Å². The van der Waals surface area contributed by atoms with E-state index in [0.29, 0.717) is 6.61 Å². The van der Waals surface area contributed by atoms with Crippen LogP contribution in [0.25, 0.3) is 0 Å². The van der Waals surface area contributed by atoms with Gasteiger partial charge in [0.25, 0.3) is 0 Å². The summed E-state index contributed by atoms with van der Waals surface area (Å²) in [5.41, 5.74) is 0.747. The van der Waals surface area contributed by atoms with E-state index in [0.717, 1.165) is 10.2 Å². The number of carbonyl (C=O) groups excluding carboxylic acids is 1. The third kappa shape index (κ3) is 4.63. The van der Waals surface area contributed by atoms with E-state index < -0.39 is 0 Å². The molecule has 1 aromatic rings. The minimum Gasteiger partial charge on any atom is -0.383 e. The molecule has 1 rings (SSSR count). The van der Waals surface area contributed by atoms with Crippen molar-refractivity contribution in [3.05, 3.63) is 28.7 Å². The molecule has 0 aliphatic heterocycles. The summed E-state index contributed by atoms with van der Waals surface area (Å²) in [5.74, 6) is 0. The molecule has 0 radical (unpaired) electrons. The average molecular weight is 287 g/mol. The fourth-order valence-corrected chi connectivity index (χ4v) is 1.65. The van der Waals surface area contributed by atoms with Crippen molar-refractivity contribution in [2.45, 2.75) is 13.0 Å². The Kier molecular flexibility index (Phi) is 5.28. The molecule has 1 aromatic carbocycles. The van der Waals surface area contributed by atoms with Crippen molar-refractivity contribution in [3.63, 3.8) is 0 Å². The molecule has 0 spiro atoms. The van der Waals surface area contributed by atoms with Crippen molar-refractivity contribution in [1.29, 1.82) is 0 Å². The zero-order valence-corrected chi connectivity index (χ0v) is 10.9. The number of benzene rings is 1. The number of hydrogen-bond acceptors (Lipinski definition) is 2. The highest BCUT2D eigenvalue weighted by atomic mass is 79.9. The minimum atomic E-state index is -0.234. The maximum atomic E-state index is 11.5. The molecule has 16 heavy (non-hydrogen) atoms. The second-order valence-electron chi connectivity index (χ2n) is 3.47. The number of rotatable bonds is 4. The molecule has 0 bridgehead atoms. The summed E-state index contributed by atoms with van der Waals surface area (Å²) in [6.07, 6.45) is 0. The van der Waals surface area contributed by atoms with Gasteiger partial charge in [0.1, 0.15) is 0 Å². The second kappa shape index (κ2) is 6.50. The number of nitrogens with one attached hydrogen (secondary N) is 2. The summed E-state index contributed by atoms with van der Waals surface area (Å²) in [5, 5.41) is 5.49. The predicted octanol–water partition coefficient (Wildman–Crippen LogP) is 2.61. The number of ether oxygens (including phenoxy) is 1. The molecular weight excluding hydrogens is 272 g/mol. The summed E-state index contributed by atoms with van der Waals surface area (Å²) in [4.78, 5) is 11.5. The number of carbonyl (C=O) groups is 1. The molecule has 2 N–H and O–H groups in total. The van der Waals surface area contributed by atoms with Crippen LogP contribution < -0.4 is 10.6 Å². The van der Waals surface area contributed by atoms with E-state index in [4.69, 9.17) is 4.74 Å². The number of amides is 2. The molecule has 1 atom stereocenters. The van der Waals surface area contributed by atoms with Crippen LogP contribution in [0.5, 0.6) is 0 Å². The van der Waals surface area contributed by atoms with Crippen LogP contribution >= 0.6 is 15.9 Å². The number of methoxy groups -OCH3 is 1. The molecule has 0 unspecified atom stereocenters. The van der Waals surface area contributed by atoms with Gasteiger partial charge in [0.2, 0.25) is 0 Å². The average Bonchev–Trinajstić information content (AvgIpc) is 2.17. The topological polar surface area (TPSA) is 50.4 Å². The lowest BCUT2D eigenvalue weighted by Crippen LogP contribution is -2.38. The van der Waals surface area contributed by atoms with Crippen LogP contribution in [0.2, 0.25) is 0 Å². The molecule has 0 heterocycles. The molecule has 0 saturated heterocycles. The highest BCUT2D eigenvalue weighted by Gasteiger charge is 2.06. The first-order valence-electron chi connectivity index (χ1n) is 4.94. The Morgan fingerprint density at radius 2 is 2.31 bits per heavy atom. The summed E-state index contributed by atoms with van der Waals surface area (Å²) < 4.78 is 5.85. The number of anilines is 1. The normalized spacial score (nSPS) is 11.9. The Hall–Kier alpha value is -1.07. The van der Waals surface area contributed by atoms with Gasteiger partial charge in [-0.3, -0.25) is 0 Å². The van der Waals surface area contributed by atoms with Crippen molar-refractivity contribution >= 4 is 27.6 Å². The smallest absolute Gasteiger partial charge is 0.319 e. The Bertz CT molecular complexity index is 358. The van der Waals surface area contributed by atoms with Crippen molar-refractivity contribution < 1.29 is 9.53 Å². The fraction of sp³-hybridized carbons (Fsp3) is 0.364. The number of urea groups is 1. The molecule has 0 aliphatic rings. The van der Waals surface area contributed by atoms with Crippen molar-refractivity contribution in [2.24, 2.45) is 0 Å². The van der Waals surface area contributed by atoms with Crippen LogP contribution in [-0.2, 0) is 4.74 Å². The lowest BCUT2D eigenvalue weighted by atomic mass is 10.3. The largest absolute Gasteiger partial charge is 0.383 e. The van der Waals surface area contributed by atoms with Gasteiger partial charge in [0, 0.05) is 17.3 Å². The highest BCUT2D eigenvalue weighted by molar-refractivity contribution is 9.10. The Balaban J connectivity index is 2.45. The quantitative estimate of drug-likeness (QED) is 0.894. The first kappa shape index (κ1) is 13.0. The van der Waals surface area contributed by atoms with E-state index in [9.17, 15) is 4.79 Å². The van der Waals surface area contributed by atoms with Crippen LogP contribution in [0.15, 0.2) is 28.7 Å². The SMILES string of the molecule is COC[C@H](C)NC(=O)Nc1cccc(Br)c1. The maximum Gasteiger partial charge on any atom is 0.319 e. The Labute approximate surface area is 103 Å². The summed E-state index contributed by atoms with van der Waals surface area (Å²) in [6, 6.07) is 7.17. The molecule has 0 fully saturated rings. The third-order valence-corrected chi connectivity index (χ3v) is 2.37. The fourth-order valence-electron chi connectivity index (χ4n) is 1.25. The van der Waals surface area contributed by atoms with E-state index in [1.165, 1.54) is 0 Å². The number of halogens is 1. The van der Waals surface area contributed by atoms with Crippen molar-refractivity contribution in [2.75, 3.05) is 19.0 Å². The predicted molar refractivity (Wildman–Crippen MR) is 67.6 cm³/mol. The van der Waals surface area contributed by atoms with Crippen LogP contribution in [0, 0.1) is 0 Å². The van der Waals surface area contributed by atoms with Gasteiger partial charge in [0.05, 0.1) is 12.6 Å². The minimum absolute atomic E-state index is 0.0165. The third-order valence-electron chi connectivity index (χ3n) is 1.88. The van der Waals surface area contributed by atoms with Gasteiger partial charge < -0.3 is 15.4 Å². The van der Waals surface area contributed by atoms with Crippen LogP contribution in [-0.4, -0.2) is 25.8 Å². The van der Waals surface area contributed by atoms with Crippen molar-refractivity contribution in [3.8, 4) is 0 Å². The van der Waals surface area contributed by atoms with Crippen LogP contribution in [0.4, 0.5) is 10.5 Å². The van der Waals surface area contributed by atoms with E-state index in [2.05, 4.69) is 26.6 Å². The Morgan fingerprint density at radius 3 is 2.94 bits per heavy atom. The molecule has 4 nitrogen and oxygen atoms in total. The van der Waals surface area contributed by atoms with Gasteiger partial charge in [-0.2, -0.15) is 0 Å². The first-order valence-corrected chi connectivity index (χ1v) is 5.73. The lowest BCUT2D eigenvalue weighted by Gasteiger charge is -2.13. The maximum absolute atomic E-state index is 11.5. The second-order valence-corrected chi connectivity index (χ2v) is 4.38. The van der Waals surface area contributed by atoms with Gasteiger partial charge in [-0.15, -0.1) is 0 Å². The first-order chi connectivity index (χ1) is 7.61. The van der Waals surface area contributed by atoms with Crippen LogP contribution in [0.3, 0.4) is 0 Å². The zero-order valence-electron chi connectivity index (χ0n) is 9.29. The summed E-state index contributed by atoms with van der Waals surface area (Å²) in [6.45, 7) is 2.37. The van der Waals surface area contributed by atoms with Gasteiger partial charge in [-0.25, -0.2) is 4.79 Å². The van der Waals surface area contributed by atoms with E-state index >= 15 is 0 Å². The molecule has 0 saturated carbocycles. The van der Waals surface area contributed by atoms with E-state index in [1.54, 1.807) is 7.11 Å². The zero-order chi connectivity index (χ0) is 12.0. The molecule has 88 valence electrons. The summed E-state index contributed by atoms with van der Waals surface area (Å²) >= 11 is 3.34. The van der Waals surface area contributed by atoms with Gasteiger partial charge in [-0.1, -0.05) is 22.0 Å². The summed E-state index contributed by atoms with van der Waals surface area (Å²) in [7, 11) is 1.60. The van der Waals surface area contributed by atoms with Crippen molar-refractivity contribution in [1.82, 2.24) is 5.32 Å². The lowest BCUT2D eigenvalue weighted by molar-refractivity contribution is 0.173. The highest BCUT2D eigenvalue weighted by Crippen LogP contribution is 2.15. The van der Waals surface area contributed by atoms with E-state index in [-0.39, 0.29) is 12.1 Å². The molecule has 2 amide bonds. The monoisotopic (exact) mass is 286 g/mol. The van der Waals surface area contributed by atoms with Crippen LogP contribution in [0.1, 0.15) is 6.92 Å². The Morgan fingerprint density at radius 1 is 1.56 bits per heavy atom. The standard InChI is InChI=1S/C11H15BrN2O2/c1-8(7-16-2)13-11(15)14-10-5-3-4-9(12)6-10/h3-6,8H,7H2,1-2H3,(H2,13,14,15)/t8-/m0/s1. The number of hydrogen-bond donors (Lipinski definition) is 2. The van der Waals surface area contributed by atoms with Gasteiger partial charge in [-0.05, 0) is 25.1 Å². The van der Waals surface area contributed by atoms with Gasteiger partial charge >= 0.3 is 6.03 Å². The molecular formula is C11H15BrN2O2. The molecule has 0 aliphatic carbocycles.